The zero-order valence-corrected chi connectivity index (χ0v) is 13.9. The molecule has 140 valence electrons. The first kappa shape index (κ1) is 18.4. The van der Waals surface area contributed by atoms with Crippen molar-refractivity contribution in [2.24, 2.45) is 0 Å². The van der Waals surface area contributed by atoms with Gasteiger partial charge < -0.3 is 15.8 Å². The first-order valence-corrected chi connectivity index (χ1v) is 7.54. The van der Waals surface area contributed by atoms with E-state index in [2.05, 4.69) is 20.3 Å². The summed E-state index contributed by atoms with van der Waals surface area (Å²) >= 11 is 0. The van der Waals surface area contributed by atoms with Crippen LogP contribution < -0.4 is 15.8 Å². The monoisotopic (exact) mass is 379 g/mol. The molecule has 3 N–H and O–H groups in total. The van der Waals surface area contributed by atoms with E-state index in [1.165, 1.54) is 19.5 Å². The molecule has 0 aliphatic carbocycles. The molecule has 0 saturated carbocycles. The van der Waals surface area contributed by atoms with Crippen LogP contribution in [0.1, 0.15) is 5.56 Å². The highest BCUT2D eigenvalue weighted by Crippen LogP contribution is 2.36. The van der Waals surface area contributed by atoms with Gasteiger partial charge >= 0.3 is 6.18 Å². The molecule has 6 nitrogen and oxygen atoms in total. The normalized spacial score (nSPS) is 11.3. The summed E-state index contributed by atoms with van der Waals surface area (Å²) in [4.78, 5) is 11.8. The van der Waals surface area contributed by atoms with Crippen LogP contribution >= 0.6 is 0 Å². The Morgan fingerprint density at radius 1 is 1.15 bits per heavy atom. The van der Waals surface area contributed by atoms with Gasteiger partial charge in [0.05, 0.1) is 18.9 Å². The van der Waals surface area contributed by atoms with Gasteiger partial charge in [-0.3, -0.25) is 4.98 Å². The summed E-state index contributed by atoms with van der Waals surface area (Å²) in [5.74, 6) is -0.504. The topological polar surface area (TPSA) is 86.0 Å². The maximum Gasteiger partial charge on any atom is 0.416 e. The highest BCUT2D eigenvalue weighted by molar-refractivity contribution is 5.83. The van der Waals surface area contributed by atoms with Gasteiger partial charge in [-0.15, -0.1) is 0 Å². The van der Waals surface area contributed by atoms with Crippen molar-refractivity contribution in [1.82, 2.24) is 15.0 Å². The molecule has 0 spiro atoms. The molecular formula is C17H13F4N5O. The molecule has 0 bridgehead atoms. The number of benzene rings is 1. The number of methoxy groups -OCH3 is 1. The molecule has 0 saturated heterocycles. The third kappa shape index (κ3) is 3.73. The van der Waals surface area contributed by atoms with Crippen LogP contribution in [0, 0.1) is 5.82 Å². The number of nitrogens with two attached hydrogens (primary N) is 1. The van der Waals surface area contributed by atoms with Crippen LogP contribution in [0.5, 0.6) is 5.75 Å². The second-order valence-electron chi connectivity index (χ2n) is 5.38. The zero-order chi connectivity index (χ0) is 19.6. The summed E-state index contributed by atoms with van der Waals surface area (Å²) in [6, 6.07) is 3.74. The molecule has 27 heavy (non-hydrogen) atoms. The highest BCUT2D eigenvalue weighted by Gasteiger charge is 2.31. The van der Waals surface area contributed by atoms with Gasteiger partial charge in [0.25, 0.3) is 0 Å². The van der Waals surface area contributed by atoms with E-state index in [4.69, 9.17) is 10.5 Å². The van der Waals surface area contributed by atoms with Crippen molar-refractivity contribution < 1.29 is 22.3 Å². The number of nitrogens with zero attached hydrogens (tertiary/aromatic N) is 3. The van der Waals surface area contributed by atoms with Crippen LogP contribution in [0.2, 0.25) is 0 Å². The van der Waals surface area contributed by atoms with E-state index >= 15 is 0 Å². The number of anilines is 3. The van der Waals surface area contributed by atoms with Crippen molar-refractivity contribution >= 4 is 17.2 Å². The van der Waals surface area contributed by atoms with Gasteiger partial charge in [0.2, 0.25) is 0 Å². The molecule has 0 fully saturated rings. The largest absolute Gasteiger partial charge is 0.494 e. The summed E-state index contributed by atoms with van der Waals surface area (Å²) in [7, 11) is 1.47. The number of ether oxygens (including phenoxy) is 1. The molecule has 0 aliphatic heterocycles. The molecule has 10 heteroatoms. The second-order valence-corrected chi connectivity index (χ2v) is 5.38. The fourth-order valence-corrected chi connectivity index (χ4v) is 2.37. The fraction of sp³-hybridized carbons (Fsp3) is 0.118. The lowest BCUT2D eigenvalue weighted by Gasteiger charge is -2.14. The number of nitrogen functional groups attached to an aromatic ring is 1. The van der Waals surface area contributed by atoms with Gasteiger partial charge in [-0.05, 0) is 18.2 Å². The third-order valence-electron chi connectivity index (χ3n) is 3.69. The maximum absolute atomic E-state index is 14.3. The number of rotatable bonds is 4. The molecule has 0 unspecified atom stereocenters. The minimum atomic E-state index is -4.65. The molecule has 3 rings (SSSR count). The van der Waals surface area contributed by atoms with E-state index in [1.807, 2.05) is 0 Å². The Bertz CT molecular complexity index is 978. The molecule has 2 heterocycles. The Balaban J connectivity index is 2.01. The second kappa shape index (κ2) is 7.06. The zero-order valence-electron chi connectivity index (χ0n) is 13.9. The lowest BCUT2D eigenvalue weighted by atomic mass is 10.1. The standard InChI is InChI=1S/C17H13F4N5O/c1-27-13-4-5-23-7-12(13)26-16-14(22)15(24-8-25-16)10-3-2-9(6-11(10)18)17(19,20)21/h2-8H,22H2,1H3,(H,24,25,26). The van der Waals surface area contributed by atoms with E-state index in [-0.39, 0.29) is 22.8 Å². The number of alkyl halides is 3. The fourth-order valence-electron chi connectivity index (χ4n) is 2.37. The minimum Gasteiger partial charge on any atom is -0.494 e. The first-order valence-electron chi connectivity index (χ1n) is 7.54. The van der Waals surface area contributed by atoms with E-state index in [9.17, 15) is 17.6 Å². The Morgan fingerprint density at radius 3 is 2.59 bits per heavy atom. The number of pyridine rings is 1. The summed E-state index contributed by atoms with van der Waals surface area (Å²) in [5.41, 5.74) is 5.10. The summed E-state index contributed by atoms with van der Waals surface area (Å²) in [6.07, 6.45) is -0.538. The van der Waals surface area contributed by atoms with Gasteiger partial charge in [-0.2, -0.15) is 13.2 Å². The van der Waals surface area contributed by atoms with Gasteiger partial charge in [-0.1, -0.05) is 0 Å². The number of hydrogen-bond donors (Lipinski definition) is 2. The Morgan fingerprint density at radius 2 is 1.93 bits per heavy atom. The van der Waals surface area contributed by atoms with Crippen molar-refractivity contribution in [2.45, 2.75) is 6.18 Å². The van der Waals surface area contributed by atoms with Crippen LogP contribution in [0.4, 0.5) is 34.8 Å². The molecular weight excluding hydrogens is 366 g/mol. The van der Waals surface area contributed by atoms with E-state index in [0.717, 1.165) is 18.5 Å². The van der Waals surface area contributed by atoms with E-state index in [0.29, 0.717) is 17.5 Å². The summed E-state index contributed by atoms with van der Waals surface area (Å²) in [6.45, 7) is 0. The van der Waals surface area contributed by atoms with Crippen LogP contribution in [-0.2, 0) is 6.18 Å². The first-order chi connectivity index (χ1) is 12.8. The van der Waals surface area contributed by atoms with Crippen LogP contribution in [0.25, 0.3) is 11.3 Å². The molecule has 0 amide bonds. The Labute approximate surface area is 151 Å². The van der Waals surface area contributed by atoms with Crippen LogP contribution in [0.3, 0.4) is 0 Å². The SMILES string of the molecule is COc1ccncc1Nc1ncnc(-c2ccc(C(F)(F)F)cc2F)c1N. The van der Waals surface area contributed by atoms with Crippen molar-refractivity contribution in [1.29, 1.82) is 0 Å². The van der Waals surface area contributed by atoms with E-state index in [1.54, 1.807) is 6.07 Å². The third-order valence-corrected chi connectivity index (χ3v) is 3.69. The number of nitrogens with one attached hydrogen (secondary N) is 1. The number of halogens is 4. The predicted octanol–water partition coefficient (Wildman–Crippen LogP) is 4.03. The lowest BCUT2D eigenvalue weighted by Crippen LogP contribution is -2.07. The van der Waals surface area contributed by atoms with Crippen molar-refractivity contribution in [3.8, 4) is 17.0 Å². The molecule has 2 aromatic heterocycles. The highest BCUT2D eigenvalue weighted by atomic mass is 19.4. The predicted molar refractivity (Wildman–Crippen MR) is 90.9 cm³/mol. The van der Waals surface area contributed by atoms with Crippen LogP contribution in [-0.4, -0.2) is 22.1 Å². The Hall–Kier alpha value is -3.43. The van der Waals surface area contributed by atoms with Crippen molar-refractivity contribution in [3.05, 3.63) is 54.4 Å². The average molecular weight is 379 g/mol. The minimum absolute atomic E-state index is 0.0398. The molecule has 1 aromatic carbocycles. The van der Waals surface area contributed by atoms with Gasteiger partial charge in [-0.25, -0.2) is 14.4 Å². The quantitative estimate of drug-likeness (QED) is 0.666. The van der Waals surface area contributed by atoms with Crippen molar-refractivity contribution in [2.75, 3.05) is 18.2 Å². The molecule has 0 atom stereocenters. The summed E-state index contributed by atoms with van der Waals surface area (Å²) in [5, 5.41) is 2.89. The van der Waals surface area contributed by atoms with Gasteiger partial charge in [0.15, 0.2) is 5.82 Å². The Kier molecular flexibility index (Phi) is 4.80. The van der Waals surface area contributed by atoms with Gasteiger partial charge in [0.1, 0.15) is 35.0 Å². The smallest absolute Gasteiger partial charge is 0.416 e. The molecule has 3 aromatic rings. The average Bonchev–Trinajstić information content (AvgIpc) is 2.63. The molecule has 0 aliphatic rings. The number of aromatic nitrogens is 3. The molecule has 0 radical (unpaired) electrons. The van der Waals surface area contributed by atoms with Gasteiger partial charge in [0, 0.05) is 17.8 Å². The lowest BCUT2D eigenvalue weighted by molar-refractivity contribution is -0.137. The van der Waals surface area contributed by atoms with Crippen LogP contribution in [0.15, 0.2) is 43.0 Å². The number of hydrogen-bond acceptors (Lipinski definition) is 6. The summed E-state index contributed by atoms with van der Waals surface area (Å²) < 4.78 is 57.6. The van der Waals surface area contributed by atoms with Crippen molar-refractivity contribution in [3.63, 3.8) is 0 Å². The maximum atomic E-state index is 14.3. The van der Waals surface area contributed by atoms with E-state index < -0.39 is 17.6 Å².